The molecule has 1 aromatic heterocycles. The van der Waals surface area contributed by atoms with Crippen molar-refractivity contribution in [3.8, 4) is 0 Å². The Morgan fingerprint density at radius 1 is 1.14 bits per heavy atom. The van der Waals surface area contributed by atoms with Gasteiger partial charge in [-0.2, -0.15) is 0 Å². The van der Waals surface area contributed by atoms with Crippen LogP contribution in [0.4, 0.5) is 5.69 Å². The molecule has 0 saturated carbocycles. The summed E-state index contributed by atoms with van der Waals surface area (Å²) in [4.78, 5) is 4.30. The van der Waals surface area contributed by atoms with Gasteiger partial charge < -0.3 is 5.32 Å². The Balaban J connectivity index is 2.15. The zero-order chi connectivity index (χ0) is 15.3. The minimum Gasteiger partial charge on any atom is -0.319 e. The van der Waals surface area contributed by atoms with Crippen LogP contribution in [-0.2, 0) is 16.4 Å². The zero-order valence-corrected chi connectivity index (χ0v) is 12.9. The van der Waals surface area contributed by atoms with Crippen LogP contribution >= 0.6 is 0 Å². The first-order chi connectivity index (χ1) is 10.0. The molecule has 0 aliphatic heterocycles. The number of nitrogens with one attached hydrogen (secondary N) is 2. The monoisotopic (exact) mass is 305 g/mol. The van der Waals surface area contributed by atoms with E-state index in [0.717, 1.165) is 24.2 Å². The fourth-order valence-electron chi connectivity index (χ4n) is 1.93. The quantitative estimate of drug-likeness (QED) is 0.856. The summed E-state index contributed by atoms with van der Waals surface area (Å²) >= 11 is 0. The molecular formula is C15H19N3O2S. The Hall–Kier alpha value is -1.92. The van der Waals surface area contributed by atoms with Crippen molar-refractivity contribution in [1.82, 2.24) is 10.3 Å². The maximum atomic E-state index is 12.3. The first-order valence-electron chi connectivity index (χ1n) is 6.70. The largest absolute Gasteiger partial charge is 0.319 e. The Morgan fingerprint density at radius 3 is 2.48 bits per heavy atom. The van der Waals surface area contributed by atoms with Gasteiger partial charge in [-0.25, -0.2) is 8.42 Å². The van der Waals surface area contributed by atoms with E-state index in [1.54, 1.807) is 30.5 Å². The molecule has 0 unspecified atom stereocenters. The lowest BCUT2D eigenvalue weighted by molar-refractivity contribution is 0.601. The second kappa shape index (κ2) is 6.69. The van der Waals surface area contributed by atoms with Crippen molar-refractivity contribution < 1.29 is 8.42 Å². The standard InChI is InChI=1S/C15H19N3O2S/c1-12-11-14(8-10-17-12)18-21(19,20)15-5-3-13(4-6-15)7-9-16-2/h3-6,8,10-11,16H,7,9H2,1-2H3,(H,17,18). The second-order valence-corrected chi connectivity index (χ2v) is 6.47. The number of benzene rings is 1. The predicted octanol–water partition coefficient (Wildman–Crippen LogP) is 1.95. The van der Waals surface area contributed by atoms with Crippen molar-refractivity contribution >= 4 is 15.7 Å². The van der Waals surface area contributed by atoms with Gasteiger partial charge in [0.1, 0.15) is 0 Å². The first-order valence-corrected chi connectivity index (χ1v) is 8.18. The highest BCUT2D eigenvalue weighted by Crippen LogP contribution is 2.16. The van der Waals surface area contributed by atoms with Gasteiger partial charge in [-0.15, -0.1) is 0 Å². The first kappa shape index (κ1) is 15.5. The molecule has 0 fully saturated rings. The summed E-state index contributed by atoms with van der Waals surface area (Å²) < 4.78 is 27.1. The normalized spacial score (nSPS) is 11.3. The molecule has 0 aliphatic rings. The number of likely N-dealkylation sites (N-methyl/N-ethyl adjacent to an activating group) is 1. The highest BCUT2D eigenvalue weighted by Gasteiger charge is 2.14. The lowest BCUT2D eigenvalue weighted by Crippen LogP contribution is -2.13. The molecule has 0 atom stereocenters. The third kappa shape index (κ3) is 4.27. The Kier molecular flexibility index (Phi) is 4.93. The van der Waals surface area contributed by atoms with E-state index in [4.69, 9.17) is 0 Å². The number of aryl methyl sites for hydroxylation is 1. The molecule has 0 bridgehead atoms. The van der Waals surface area contributed by atoms with Crippen molar-refractivity contribution in [2.75, 3.05) is 18.3 Å². The molecule has 2 N–H and O–H groups in total. The molecular weight excluding hydrogens is 286 g/mol. The molecule has 0 aliphatic carbocycles. The van der Waals surface area contributed by atoms with E-state index >= 15 is 0 Å². The lowest BCUT2D eigenvalue weighted by atomic mass is 10.1. The van der Waals surface area contributed by atoms with Crippen molar-refractivity contribution in [1.29, 1.82) is 0 Å². The molecule has 6 heteroatoms. The molecule has 21 heavy (non-hydrogen) atoms. The molecule has 0 radical (unpaired) electrons. The van der Waals surface area contributed by atoms with E-state index in [-0.39, 0.29) is 4.90 Å². The van der Waals surface area contributed by atoms with Gasteiger partial charge in [-0.1, -0.05) is 12.1 Å². The Morgan fingerprint density at radius 2 is 1.86 bits per heavy atom. The highest BCUT2D eigenvalue weighted by molar-refractivity contribution is 7.92. The summed E-state index contributed by atoms with van der Waals surface area (Å²) in [5, 5.41) is 3.06. The molecule has 112 valence electrons. The molecule has 2 rings (SSSR count). The van der Waals surface area contributed by atoms with E-state index in [9.17, 15) is 8.42 Å². The van der Waals surface area contributed by atoms with Gasteiger partial charge in [0.25, 0.3) is 10.0 Å². The molecule has 0 amide bonds. The summed E-state index contributed by atoms with van der Waals surface area (Å²) in [5.41, 5.74) is 2.38. The van der Waals surface area contributed by atoms with E-state index in [0.29, 0.717) is 5.69 Å². The number of nitrogens with zero attached hydrogens (tertiary/aromatic N) is 1. The van der Waals surface area contributed by atoms with Gasteiger partial charge in [0.05, 0.1) is 10.6 Å². The minimum absolute atomic E-state index is 0.255. The van der Waals surface area contributed by atoms with E-state index < -0.39 is 10.0 Å². The molecule has 1 aromatic carbocycles. The summed E-state index contributed by atoms with van der Waals surface area (Å²) in [6.45, 7) is 2.68. The fourth-order valence-corrected chi connectivity index (χ4v) is 2.98. The zero-order valence-electron chi connectivity index (χ0n) is 12.1. The molecule has 1 heterocycles. The van der Waals surface area contributed by atoms with Crippen molar-refractivity contribution in [2.45, 2.75) is 18.2 Å². The average Bonchev–Trinajstić information content (AvgIpc) is 2.45. The molecule has 2 aromatic rings. The van der Waals surface area contributed by atoms with E-state index in [1.165, 1.54) is 0 Å². The summed E-state index contributed by atoms with van der Waals surface area (Å²) in [7, 11) is -1.67. The number of pyridine rings is 1. The average molecular weight is 305 g/mol. The van der Waals surface area contributed by atoms with Gasteiger partial charge >= 0.3 is 0 Å². The van der Waals surface area contributed by atoms with Crippen LogP contribution < -0.4 is 10.0 Å². The van der Waals surface area contributed by atoms with Crippen molar-refractivity contribution in [3.63, 3.8) is 0 Å². The Labute approximate surface area is 125 Å². The van der Waals surface area contributed by atoms with Crippen molar-refractivity contribution in [2.24, 2.45) is 0 Å². The predicted molar refractivity (Wildman–Crippen MR) is 83.9 cm³/mol. The van der Waals surface area contributed by atoms with Crippen LogP contribution in [-0.4, -0.2) is 27.0 Å². The van der Waals surface area contributed by atoms with Gasteiger partial charge in [-0.05, 0) is 56.8 Å². The van der Waals surface area contributed by atoms with Crippen LogP contribution in [0.25, 0.3) is 0 Å². The maximum absolute atomic E-state index is 12.3. The van der Waals surface area contributed by atoms with Gasteiger partial charge in [-0.3, -0.25) is 9.71 Å². The maximum Gasteiger partial charge on any atom is 0.261 e. The van der Waals surface area contributed by atoms with Gasteiger partial charge in [0.15, 0.2) is 0 Å². The second-order valence-electron chi connectivity index (χ2n) is 4.79. The number of aromatic nitrogens is 1. The highest BCUT2D eigenvalue weighted by atomic mass is 32.2. The van der Waals surface area contributed by atoms with E-state index in [1.807, 2.05) is 26.1 Å². The van der Waals surface area contributed by atoms with Crippen LogP contribution in [0.5, 0.6) is 0 Å². The van der Waals surface area contributed by atoms with Crippen LogP contribution in [0.2, 0.25) is 0 Å². The SMILES string of the molecule is CNCCc1ccc(S(=O)(=O)Nc2ccnc(C)c2)cc1. The third-order valence-corrected chi connectivity index (χ3v) is 4.44. The number of rotatable bonds is 6. The summed E-state index contributed by atoms with van der Waals surface area (Å²) in [6, 6.07) is 10.3. The fraction of sp³-hybridized carbons (Fsp3) is 0.267. The third-order valence-electron chi connectivity index (χ3n) is 3.05. The molecule has 5 nitrogen and oxygen atoms in total. The van der Waals surface area contributed by atoms with Crippen LogP contribution in [0.15, 0.2) is 47.5 Å². The lowest BCUT2D eigenvalue weighted by Gasteiger charge is -2.09. The molecule has 0 saturated heterocycles. The number of hydrogen-bond acceptors (Lipinski definition) is 4. The molecule has 0 spiro atoms. The van der Waals surface area contributed by atoms with Crippen LogP contribution in [0.3, 0.4) is 0 Å². The minimum atomic E-state index is -3.56. The van der Waals surface area contributed by atoms with E-state index in [2.05, 4.69) is 15.0 Å². The van der Waals surface area contributed by atoms with Gasteiger partial charge in [0.2, 0.25) is 0 Å². The smallest absolute Gasteiger partial charge is 0.261 e. The number of hydrogen-bond donors (Lipinski definition) is 2. The Bertz CT molecular complexity index is 697. The summed E-state index contributed by atoms with van der Waals surface area (Å²) in [5.74, 6) is 0. The van der Waals surface area contributed by atoms with Crippen LogP contribution in [0.1, 0.15) is 11.3 Å². The van der Waals surface area contributed by atoms with Crippen LogP contribution in [0, 0.1) is 6.92 Å². The number of sulfonamides is 1. The van der Waals surface area contributed by atoms with Gasteiger partial charge in [0, 0.05) is 11.9 Å². The number of anilines is 1. The summed E-state index contributed by atoms with van der Waals surface area (Å²) in [6.07, 6.45) is 2.45. The van der Waals surface area contributed by atoms with Crippen molar-refractivity contribution in [3.05, 3.63) is 53.9 Å². The topological polar surface area (TPSA) is 71.1 Å².